The van der Waals surface area contributed by atoms with Crippen molar-refractivity contribution >= 4 is 34.2 Å². The molecule has 9 heteroatoms. The third-order valence-corrected chi connectivity index (χ3v) is 8.71. The van der Waals surface area contributed by atoms with Crippen LogP contribution in [0.1, 0.15) is 61.4 Å². The van der Waals surface area contributed by atoms with E-state index in [0.717, 1.165) is 35.7 Å². The molecule has 1 atom stereocenters. The van der Waals surface area contributed by atoms with E-state index >= 15 is 0 Å². The molecule has 4 aromatic rings. The number of nitrogens with zero attached hydrogens (tertiary/aromatic N) is 3. The normalized spacial score (nSPS) is 18.1. The fraction of sp³-hybridized carbons (Fsp3) is 0.344. The Bertz CT molecular complexity index is 1710. The van der Waals surface area contributed by atoms with Gasteiger partial charge in [0.05, 0.1) is 28.4 Å². The van der Waals surface area contributed by atoms with Gasteiger partial charge in [0.1, 0.15) is 6.04 Å². The number of rotatable bonds is 6. The van der Waals surface area contributed by atoms with Crippen LogP contribution in [0.15, 0.2) is 65.8 Å². The molecule has 1 saturated heterocycles. The molecule has 2 amide bonds. The van der Waals surface area contributed by atoms with Crippen molar-refractivity contribution in [3.8, 4) is 11.1 Å². The van der Waals surface area contributed by atoms with Crippen LogP contribution in [0.4, 0.5) is 5.69 Å². The maximum atomic E-state index is 14.3. The molecule has 3 heterocycles. The van der Waals surface area contributed by atoms with Gasteiger partial charge >= 0.3 is 0 Å². The second-order valence-electron chi connectivity index (χ2n) is 11.3. The Morgan fingerprint density at radius 1 is 1.02 bits per heavy atom. The number of Topliss-reactive ketones (excluding diaryl/α,β-unsaturated/α-hetero) is 1. The summed E-state index contributed by atoms with van der Waals surface area (Å²) in [5.41, 5.74) is 2.70. The minimum absolute atomic E-state index is 0.00332. The highest BCUT2D eigenvalue weighted by Crippen LogP contribution is 2.44. The van der Waals surface area contributed by atoms with E-state index in [1.165, 1.54) is 6.92 Å². The van der Waals surface area contributed by atoms with Gasteiger partial charge in [0, 0.05) is 36.9 Å². The van der Waals surface area contributed by atoms with E-state index in [4.69, 9.17) is 0 Å². The number of ketones is 1. The molecule has 2 aromatic carbocycles. The maximum Gasteiger partial charge on any atom is 0.247 e. The molecule has 1 aliphatic heterocycles. The van der Waals surface area contributed by atoms with Gasteiger partial charge in [0.2, 0.25) is 11.8 Å². The Balaban J connectivity index is 1.28. The quantitative estimate of drug-likeness (QED) is 0.341. The van der Waals surface area contributed by atoms with E-state index in [0.29, 0.717) is 42.6 Å². The van der Waals surface area contributed by atoms with E-state index in [9.17, 15) is 19.2 Å². The van der Waals surface area contributed by atoms with Crippen molar-refractivity contribution in [3.63, 3.8) is 0 Å². The number of amides is 2. The largest absolute Gasteiger partial charge is 0.356 e. The number of fused-ring (bicyclic) bond motifs is 1. The van der Waals surface area contributed by atoms with Crippen LogP contribution in [0.3, 0.4) is 0 Å². The van der Waals surface area contributed by atoms with Crippen LogP contribution in [0.5, 0.6) is 0 Å². The number of carbonyl (C=O) groups is 3. The molecule has 210 valence electrons. The molecule has 41 heavy (non-hydrogen) atoms. The number of pyridine rings is 1. The van der Waals surface area contributed by atoms with Crippen molar-refractivity contribution in [2.24, 2.45) is 7.05 Å². The summed E-state index contributed by atoms with van der Waals surface area (Å²) in [6.07, 6.45) is 9.63. The Labute approximate surface area is 237 Å². The zero-order valence-corrected chi connectivity index (χ0v) is 23.3. The zero-order valence-electron chi connectivity index (χ0n) is 23.3. The van der Waals surface area contributed by atoms with Gasteiger partial charge in [-0.05, 0) is 55.9 Å². The van der Waals surface area contributed by atoms with Gasteiger partial charge in [-0.3, -0.25) is 24.3 Å². The lowest BCUT2D eigenvalue weighted by molar-refractivity contribution is -0.141. The molecule has 2 aromatic heterocycles. The molecule has 0 bridgehead atoms. The van der Waals surface area contributed by atoms with E-state index in [-0.39, 0.29) is 28.6 Å². The first-order valence-electron chi connectivity index (χ1n) is 14.1. The first-order chi connectivity index (χ1) is 19.8. The summed E-state index contributed by atoms with van der Waals surface area (Å²) in [7, 11) is 1.79. The predicted octanol–water partition coefficient (Wildman–Crippen LogP) is 4.57. The molecular formula is C32H33N5O4. The second-order valence-corrected chi connectivity index (χ2v) is 11.3. The summed E-state index contributed by atoms with van der Waals surface area (Å²) in [6.45, 7) is 1.93. The van der Waals surface area contributed by atoms with Crippen LogP contribution < -0.4 is 10.7 Å². The fourth-order valence-corrected chi connectivity index (χ4v) is 6.59. The smallest absolute Gasteiger partial charge is 0.247 e. The standard InChI is InChI=1S/C32H33N5O4/c1-20(38)24-18-36(2)19-25(29(24)39)21-10-12-22(13-11-21)32(14-3-4-15-32)31(41)37-16-6-9-28(37)30(40)34-26-7-5-8-27-23(26)17-33-35-27/h5,7-8,10-13,17-19,28H,3-4,6,9,14-16H2,1-2H3,(H,33,35)(H,34,40)/t28-/m1/s1. The van der Waals surface area contributed by atoms with E-state index in [1.807, 2.05) is 42.5 Å². The van der Waals surface area contributed by atoms with Crippen molar-refractivity contribution in [1.29, 1.82) is 0 Å². The molecule has 0 unspecified atom stereocenters. The number of aryl methyl sites for hydroxylation is 1. The van der Waals surface area contributed by atoms with Crippen LogP contribution in [0.25, 0.3) is 22.0 Å². The lowest BCUT2D eigenvalue weighted by Gasteiger charge is -2.35. The summed E-state index contributed by atoms with van der Waals surface area (Å²) in [6, 6.07) is 12.7. The number of hydrogen-bond acceptors (Lipinski definition) is 5. The van der Waals surface area contributed by atoms with Crippen LogP contribution >= 0.6 is 0 Å². The van der Waals surface area contributed by atoms with Crippen molar-refractivity contribution < 1.29 is 14.4 Å². The third kappa shape index (κ3) is 4.65. The molecule has 1 aliphatic carbocycles. The Morgan fingerprint density at radius 2 is 1.78 bits per heavy atom. The van der Waals surface area contributed by atoms with Crippen LogP contribution in [0.2, 0.25) is 0 Å². The van der Waals surface area contributed by atoms with Gasteiger partial charge in [0.15, 0.2) is 11.2 Å². The fourth-order valence-electron chi connectivity index (χ4n) is 6.59. The molecule has 2 fully saturated rings. The highest BCUT2D eigenvalue weighted by molar-refractivity contribution is 6.04. The second kappa shape index (κ2) is 10.5. The summed E-state index contributed by atoms with van der Waals surface area (Å²) >= 11 is 0. The SMILES string of the molecule is CC(=O)c1cn(C)cc(-c2ccc(C3(C(=O)N4CCC[C@@H]4C(=O)Nc4cccc5[nH]ncc45)CCCC3)cc2)c1=O. The number of likely N-dealkylation sites (tertiary alicyclic amines) is 1. The summed E-state index contributed by atoms with van der Waals surface area (Å²) < 4.78 is 1.72. The molecule has 2 N–H and O–H groups in total. The first kappa shape index (κ1) is 26.7. The Morgan fingerprint density at radius 3 is 2.51 bits per heavy atom. The van der Waals surface area contributed by atoms with Crippen molar-refractivity contribution in [2.45, 2.75) is 56.9 Å². The highest BCUT2D eigenvalue weighted by Gasteiger charge is 2.48. The minimum Gasteiger partial charge on any atom is -0.356 e. The van der Waals surface area contributed by atoms with Crippen LogP contribution in [0, 0.1) is 0 Å². The van der Waals surface area contributed by atoms with E-state index in [1.54, 1.807) is 35.1 Å². The number of nitrogens with one attached hydrogen (secondary N) is 2. The number of benzene rings is 2. The van der Waals surface area contributed by atoms with Gasteiger partial charge in [-0.1, -0.05) is 43.2 Å². The van der Waals surface area contributed by atoms with Gasteiger partial charge in [-0.15, -0.1) is 0 Å². The first-order valence-corrected chi connectivity index (χ1v) is 14.1. The number of H-pyrrole nitrogens is 1. The molecule has 0 radical (unpaired) electrons. The predicted molar refractivity (Wildman–Crippen MR) is 157 cm³/mol. The average molecular weight is 552 g/mol. The molecule has 1 saturated carbocycles. The van der Waals surface area contributed by atoms with E-state index in [2.05, 4.69) is 15.5 Å². The van der Waals surface area contributed by atoms with Crippen molar-refractivity contribution in [2.75, 3.05) is 11.9 Å². The number of hydrogen-bond donors (Lipinski definition) is 2. The van der Waals surface area contributed by atoms with Gasteiger partial charge in [-0.25, -0.2) is 0 Å². The maximum absolute atomic E-state index is 14.3. The third-order valence-electron chi connectivity index (χ3n) is 8.71. The molecule has 9 nitrogen and oxygen atoms in total. The number of aromatic nitrogens is 3. The number of carbonyl (C=O) groups excluding carboxylic acids is 3. The zero-order chi connectivity index (χ0) is 28.7. The van der Waals surface area contributed by atoms with Crippen molar-refractivity contribution in [3.05, 3.63) is 82.4 Å². The molecule has 0 spiro atoms. The monoisotopic (exact) mass is 551 g/mol. The Kier molecular flexibility index (Phi) is 6.81. The Hall–Kier alpha value is -4.53. The summed E-state index contributed by atoms with van der Waals surface area (Å²) in [5, 5.41) is 10.9. The lowest BCUT2D eigenvalue weighted by atomic mass is 9.77. The molecule has 6 rings (SSSR count). The highest BCUT2D eigenvalue weighted by atomic mass is 16.2. The van der Waals surface area contributed by atoms with Gasteiger partial charge in [0.25, 0.3) is 0 Å². The van der Waals surface area contributed by atoms with Crippen LogP contribution in [-0.4, -0.2) is 49.8 Å². The van der Waals surface area contributed by atoms with Crippen LogP contribution in [-0.2, 0) is 22.1 Å². The molecular weight excluding hydrogens is 518 g/mol. The molecule has 2 aliphatic rings. The summed E-state index contributed by atoms with van der Waals surface area (Å²) in [4.78, 5) is 54.6. The number of aromatic amines is 1. The average Bonchev–Trinajstić information content (AvgIpc) is 3.75. The number of anilines is 1. The summed E-state index contributed by atoms with van der Waals surface area (Å²) in [5.74, 6) is -0.462. The lowest BCUT2D eigenvalue weighted by Crippen LogP contribution is -2.51. The minimum atomic E-state index is -0.710. The topological polar surface area (TPSA) is 117 Å². The van der Waals surface area contributed by atoms with Gasteiger partial charge in [-0.2, -0.15) is 5.10 Å². The van der Waals surface area contributed by atoms with Crippen molar-refractivity contribution in [1.82, 2.24) is 19.7 Å². The van der Waals surface area contributed by atoms with Gasteiger partial charge < -0.3 is 14.8 Å². The van der Waals surface area contributed by atoms with E-state index < -0.39 is 11.5 Å².